The maximum absolute atomic E-state index is 12.1. The van der Waals surface area contributed by atoms with Crippen molar-refractivity contribution in [3.8, 4) is 0 Å². The fraction of sp³-hybridized carbons (Fsp3) is 0.556. The van der Waals surface area contributed by atoms with Crippen molar-refractivity contribution < 1.29 is 9.53 Å². The molecule has 6 heteroatoms. The van der Waals surface area contributed by atoms with Crippen LogP contribution in [0.5, 0.6) is 0 Å². The minimum atomic E-state index is -0.657. The largest absolute Gasteiger partial charge is 0.444 e. The number of imidazole rings is 1. The van der Waals surface area contributed by atoms with Gasteiger partial charge in [0.2, 0.25) is 0 Å². The monoisotopic (exact) mass is 349 g/mol. The van der Waals surface area contributed by atoms with Crippen molar-refractivity contribution in [2.75, 3.05) is 0 Å². The lowest BCUT2D eigenvalue weighted by Crippen LogP contribution is -2.44. The number of carbonyl (C=O) groups excluding carboxylic acids is 1. The van der Waals surface area contributed by atoms with E-state index in [1.165, 1.54) is 4.90 Å². The number of amides is 1. The highest BCUT2D eigenvalue weighted by molar-refractivity contribution is 8.00. The second-order valence-electron chi connectivity index (χ2n) is 7.63. The molecule has 0 aliphatic heterocycles. The van der Waals surface area contributed by atoms with Crippen LogP contribution in [-0.4, -0.2) is 26.3 Å². The van der Waals surface area contributed by atoms with Gasteiger partial charge in [0.15, 0.2) is 0 Å². The summed E-state index contributed by atoms with van der Waals surface area (Å²) in [7, 11) is 0. The highest BCUT2D eigenvalue weighted by atomic mass is 32.2. The van der Waals surface area contributed by atoms with Crippen LogP contribution in [-0.2, 0) is 10.3 Å². The molecule has 2 heterocycles. The summed E-state index contributed by atoms with van der Waals surface area (Å²) in [5.41, 5.74) is -0.142. The van der Waals surface area contributed by atoms with Gasteiger partial charge < -0.3 is 14.5 Å². The normalized spacial score (nSPS) is 12.7. The highest BCUT2D eigenvalue weighted by Gasteiger charge is 2.30. The number of nitrogens with zero attached hydrogens (tertiary/aromatic N) is 2. The Morgan fingerprint density at radius 1 is 1.29 bits per heavy atom. The molecule has 24 heavy (non-hydrogen) atoms. The first-order chi connectivity index (χ1) is 11.0. The number of pyridine rings is 1. The fourth-order valence-electron chi connectivity index (χ4n) is 2.43. The van der Waals surface area contributed by atoms with Crippen molar-refractivity contribution in [2.45, 2.75) is 69.8 Å². The molecule has 1 N–H and O–H groups in total. The molecule has 2 rings (SSSR count). The third-order valence-electron chi connectivity index (χ3n) is 3.27. The molecule has 0 saturated heterocycles. The Morgan fingerprint density at radius 2 is 1.96 bits per heavy atom. The second kappa shape index (κ2) is 6.67. The zero-order valence-corrected chi connectivity index (χ0v) is 16.3. The smallest absolute Gasteiger partial charge is 0.408 e. The van der Waals surface area contributed by atoms with Crippen LogP contribution in [0.4, 0.5) is 4.79 Å². The summed E-state index contributed by atoms with van der Waals surface area (Å²) in [6, 6.07) is 4.10. The van der Waals surface area contributed by atoms with Crippen molar-refractivity contribution in [3.05, 3.63) is 30.4 Å². The third-order valence-corrected chi connectivity index (χ3v) is 4.34. The van der Waals surface area contributed by atoms with Crippen LogP contribution in [0.1, 0.15) is 54.3 Å². The number of nitrogens with one attached hydrogen (secondary N) is 1. The van der Waals surface area contributed by atoms with Gasteiger partial charge in [-0.25, -0.2) is 9.78 Å². The number of carbonyl (C=O) groups is 1. The molecule has 1 amide bonds. The Morgan fingerprint density at radius 3 is 2.54 bits per heavy atom. The van der Waals surface area contributed by atoms with Crippen molar-refractivity contribution in [2.24, 2.45) is 0 Å². The fourth-order valence-corrected chi connectivity index (χ4v) is 3.36. The molecule has 0 spiro atoms. The van der Waals surface area contributed by atoms with Crippen molar-refractivity contribution in [3.63, 3.8) is 0 Å². The summed E-state index contributed by atoms with van der Waals surface area (Å²) < 4.78 is 7.40. The molecule has 2 aromatic rings. The van der Waals surface area contributed by atoms with E-state index in [9.17, 15) is 4.79 Å². The summed E-state index contributed by atoms with van der Waals surface area (Å²) in [5, 5.41) is 3.40. The molecular formula is C18H27N3O2S. The van der Waals surface area contributed by atoms with Crippen LogP contribution in [0.25, 0.3) is 5.52 Å². The minimum Gasteiger partial charge on any atom is -0.444 e. The Kier molecular flexibility index (Phi) is 5.18. The van der Waals surface area contributed by atoms with E-state index in [2.05, 4.69) is 30.2 Å². The molecule has 132 valence electrons. The zero-order chi connectivity index (χ0) is 18.1. The Bertz CT molecular complexity index is 729. The van der Waals surface area contributed by atoms with Crippen LogP contribution in [0.15, 0.2) is 29.4 Å². The van der Waals surface area contributed by atoms with E-state index in [1.807, 2.05) is 57.5 Å². The standard InChI is InChI=1S/C18H27N3O2S/c1-12(2)24-14-9-8-10-21-13(14)11-19-15(21)18(6,7)20-16(22)23-17(3,4)5/h8-12H,1-7H3,(H,20,22). The summed E-state index contributed by atoms with van der Waals surface area (Å²) in [6.45, 7) is 13.7. The molecular weight excluding hydrogens is 322 g/mol. The van der Waals surface area contributed by atoms with Gasteiger partial charge in [-0.15, -0.1) is 11.8 Å². The number of rotatable bonds is 4. The lowest BCUT2D eigenvalue weighted by atomic mass is 10.1. The number of thioether (sulfide) groups is 1. The molecule has 0 aliphatic rings. The van der Waals surface area contributed by atoms with Gasteiger partial charge in [0.25, 0.3) is 0 Å². The molecule has 0 aliphatic carbocycles. The summed E-state index contributed by atoms with van der Waals surface area (Å²) in [4.78, 5) is 17.9. The molecule has 0 atom stereocenters. The summed E-state index contributed by atoms with van der Waals surface area (Å²) in [5.74, 6) is 0.773. The van der Waals surface area contributed by atoms with Crippen molar-refractivity contribution >= 4 is 23.4 Å². The molecule has 0 unspecified atom stereocenters. The van der Waals surface area contributed by atoms with Crippen molar-refractivity contribution in [1.82, 2.24) is 14.7 Å². The van der Waals surface area contributed by atoms with Crippen molar-refractivity contribution in [1.29, 1.82) is 0 Å². The summed E-state index contributed by atoms with van der Waals surface area (Å²) >= 11 is 1.80. The van der Waals surface area contributed by atoms with E-state index in [4.69, 9.17) is 4.74 Å². The Hall–Kier alpha value is -1.69. The lowest BCUT2D eigenvalue weighted by Gasteiger charge is -2.27. The van der Waals surface area contributed by atoms with E-state index in [0.717, 1.165) is 11.3 Å². The maximum Gasteiger partial charge on any atom is 0.408 e. The number of hydrogen-bond donors (Lipinski definition) is 1. The predicted octanol–water partition coefficient (Wildman–Crippen LogP) is 4.59. The van der Waals surface area contributed by atoms with E-state index in [0.29, 0.717) is 5.25 Å². The van der Waals surface area contributed by atoms with E-state index >= 15 is 0 Å². The first-order valence-corrected chi connectivity index (χ1v) is 9.02. The lowest BCUT2D eigenvalue weighted by molar-refractivity contribution is 0.0466. The molecule has 5 nitrogen and oxygen atoms in total. The molecule has 0 saturated carbocycles. The van der Waals surface area contributed by atoms with Gasteiger partial charge in [0, 0.05) is 16.3 Å². The van der Waals surface area contributed by atoms with Gasteiger partial charge in [-0.05, 0) is 46.8 Å². The predicted molar refractivity (Wildman–Crippen MR) is 98.6 cm³/mol. The first kappa shape index (κ1) is 18.6. The maximum atomic E-state index is 12.1. The number of fused-ring (bicyclic) bond motifs is 1. The topological polar surface area (TPSA) is 55.6 Å². The van der Waals surface area contributed by atoms with Gasteiger partial charge in [-0.3, -0.25) is 0 Å². The number of aromatic nitrogens is 2. The van der Waals surface area contributed by atoms with Crippen LogP contribution < -0.4 is 5.32 Å². The zero-order valence-electron chi connectivity index (χ0n) is 15.5. The molecule has 2 aromatic heterocycles. The molecule has 0 aromatic carbocycles. The SMILES string of the molecule is CC(C)Sc1cccn2c(C(C)(C)NC(=O)OC(C)(C)C)ncc12. The minimum absolute atomic E-state index is 0.447. The van der Waals surface area contributed by atoms with Gasteiger partial charge in [-0.1, -0.05) is 13.8 Å². The molecule has 0 radical (unpaired) electrons. The van der Waals surface area contributed by atoms with E-state index in [-0.39, 0.29) is 0 Å². The van der Waals surface area contributed by atoms with Crippen LogP contribution >= 0.6 is 11.8 Å². The Labute approximate surface area is 148 Å². The van der Waals surface area contributed by atoms with E-state index < -0.39 is 17.2 Å². The van der Waals surface area contributed by atoms with Crippen LogP contribution in [0.2, 0.25) is 0 Å². The van der Waals surface area contributed by atoms with Gasteiger partial charge >= 0.3 is 6.09 Å². The van der Waals surface area contributed by atoms with Gasteiger partial charge in [0.05, 0.1) is 17.3 Å². The third kappa shape index (κ3) is 4.44. The average molecular weight is 350 g/mol. The number of ether oxygens (including phenoxy) is 1. The van der Waals surface area contributed by atoms with Gasteiger partial charge in [0.1, 0.15) is 11.4 Å². The number of hydrogen-bond acceptors (Lipinski definition) is 4. The quantitative estimate of drug-likeness (QED) is 0.820. The number of alkyl carbamates (subject to hydrolysis) is 1. The van der Waals surface area contributed by atoms with Crippen LogP contribution in [0.3, 0.4) is 0 Å². The second-order valence-corrected chi connectivity index (χ2v) is 9.25. The molecule has 0 bridgehead atoms. The average Bonchev–Trinajstić information content (AvgIpc) is 2.80. The highest BCUT2D eigenvalue weighted by Crippen LogP contribution is 2.30. The first-order valence-electron chi connectivity index (χ1n) is 8.14. The van der Waals surface area contributed by atoms with E-state index in [1.54, 1.807) is 11.8 Å². The van der Waals surface area contributed by atoms with Crippen LogP contribution in [0, 0.1) is 0 Å². The molecule has 0 fully saturated rings. The Balaban J connectivity index is 2.32. The van der Waals surface area contributed by atoms with Gasteiger partial charge in [-0.2, -0.15) is 0 Å². The summed E-state index contributed by atoms with van der Waals surface area (Å²) in [6.07, 6.45) is 3.39.